The SMILES string of the molecule is CCCN(C)CC(C)(C)COC(=O)c1cnn(-c2ccc(C)c(Cl)c2)c1C1CC1.O=C(O)C(F)(F)F. The molecule has 1 fully saturated rings. The Kier molecular flexibility index (Phi) is 9.96. The lowest BCUT2D eigenvalue weighted by atomic mass is 9.94. The molecule has 0 saturated heterocycles. The Balaban J connectivity index is 0.000000572. The number of halogens is 4. The summed E-state index contributed by atoms with van der Waals surface area (Å²) in [6.45, 7) is 10.7. The average Bonchev–Trinajstić information content (AvgIpc) is 3.51. The first-order valence-corrected chi connectivity index (χ1v) is 12.0. The maximum atomic E-state index is 12.9. The first-order chi connectivity index (χ1) is 16.7. The Hall–Kier alpha value is -2.59. The summed E-state index contributed by atoms with van der Waals surface area (Å²) < 4.78 is 39.3. The van der Waals surface area contributed by atoms with E-state index in [4.69, 9.17) is 26.2 Å². The molecule has 1 aromatic heterocycles. The van der Waals surface area contributed by atoms with Crippen molar-refractivity contribution < 1.29 is 32.6 Å². The maximum Gasteiger partial charge on any atom is 0.490 e. The first kappa shape index (κ1) is 29.6. The normalized spacial score (nSPS) is 13.8. The lowest BCUT2D eigenvalue weighted by molar-refractivity contribution is -0.192. The van der Waals surface area contributed by atoms with Crippen LogP contribution < -0.4 is 0 Å². The van der Waals surface area contributed by atoms with Gasteiger partial charge in [0.2, 0.25) is 0 Å². The fraction of sp³-hybridized carbons (Fsp3) is 0.560. The number of carbonyl (C=O) groups is 2. The summed E-state index contributed by atoms with van der Waals surface area (Å²) in [6.07, 6.45) is -0.197. The number of hydrogen-bond acceptors (Lipinski definition) is 5. The highest BCUT2D eigenvalue weighted by Gasteiger charge is 2.38. The van der Waals surface area contributed by atoms with Crippen LogP contribution in [0.1, 0.15) is 67.6 Å². The van der Waals surface area contributed by atoms with E-state index in [0.29, 0.717) is 23.1 Å². The number of hydrogen-bond donors (Lipinski definition) is 1. The lowest BCUT2D eigenvalue weighted by Crippen LogP contribution is -2.35. The summed E-state index contributed by atoms with van der Waals surface area (Å²) >= 11 is 6.31. The monoisotopic (exact) mass is 531 g/mol. The van der Waals surface area contributed by atoms with E-state index in [0.717, 1.165) is 49.3 Å². The molecule has 200 valence electrons. The third-order valence-corrected chi connectivity index (χ3v) is 5.94. The molecule has 0 atom stereocenters. The van der Waals surface area contributed by atoms with Gasteiger partial charge in [0.15, 0.2) is 0 Å². The average molecular weight is 532 g/mol. The number of ether oxygens (including phenoxy) is 1. The Morgan fingerprint density at radius 2 is 1.89 bits per heavy atom. The van der Waals surface area contributed by atoms with Crippen LogP contribution in [-0.4, -0.2) is 64.6 Å². The van der Waals surface area contributed by atoms with Crippen molar-refractivity contribution in [2.45, 2.75) is 59.1 Å². The summed E-state index contributed by atoms with van der Waals surface area (Å²) in [5, 5.41) is 12.3. The van der Waals surface area contributed by atoms with Crippen molar-refractivity contribution in [2.75, 3.05) is 26.7 Å². The molecular weight excluding hydrogens is 499 g/mol. The molecule has 0 spiro atoms. The van der Waals surface area contributed by atoms with Crippen LogP contribution in [0.4, 0.5) is 13.2 Å². The predicted octanol–water partition coefficient (Wildman–Crippen LogP) is 5.87. The van der Waals surface area contributed by atoms with Gasteiger partial charge < -0.3 is 14.7 Å². The number of benzene rings is 1. The molecule has 36 heavy (non-hydrogen) atoms. The van der Waals surface area contributed by atoms with E-state index >= 15 is 0 Å². The number of carbonyl (C=O) groups excluding carboxylic acids is 1. The second kappa shape index (κ2) is 12.1. The zero-order valence-corrected chi connectivity index (χ0v) is 21.9. The summed E-state index contributed by atoms with van der Waals surface area (Å²) in [5.74, 6) is -2.70. The second-order valence-electron chi connectivity index (χ2n) is 9.84. The van der Waals surface area contributed by atoms with Gasteiger partial charge in [-0.15, -0.1) is 0 Å². The van der Waals surface area contributed by atoms with Gasteiger partial charge >= 0.3 is 18.1 Å². The molecule has 0 radical (unpaired) electrons. The van der Waals surface area contributed by atoms with E-state index < -0.39 is 12.1 Å². The summed E-state index contributed by atoms with van der Waals surface area (Å²) in [4.78, 5) is 24.1. The molecule has 1 N–H and O–H groups in total. The third kappa shape index (κ3) is 8.51. The summed E-state index contributed by atoms with van der Waals surface area (Å²) in [7, 11) is 2.11. The molecule has 3 rings (SSSR count). The lowest BCUT2D eigenvalue weighted by Gasteiger charge is -2.29. The van der Waals surface area contributed by atoms with Crippen LogP contribution in [0.25, 0.3) is 5.69 Å². The molecule has 1 aliphatic carbocycles. The highest BCUT2D eigenvalue weighted by atomic mass is 35.5. The van der Waals surface area contributed by atoms with Crippen molar-refractivity contribution in [3.63, 3.8) is 0 Å². The van der Waals surface area contributed by atoms with Gasteiger partial charge in [-0.05, 0) is 57.5 Å². The van der Waals surface area contributed by atoms with Crippen LogP contribution in [0.3, 0.4) is 0 Å². The van der Waals surface area contributed by atoms with E-state index in [1.807, 2.05) is 29.8 Å². The van der Waals surface area contributed by atoms with Gasteiger partial charge in [0.05, 0.1) is 24.2 Å². The van der Waals surface area contributed by atoms with Crippen molar-refractivity contribution in [3.8, 4) is 5.69 Å². The van der Waals surface area contributed by atoms with Crippen LogP contribution in [0.2, 0.25) is 5.02 Å². The van der Waals surface area contributed by atoms with Crippen LogP contribution in [0.15, 0.2) is 24.4 Å². The molecule has 1 heterocycles. The fourth-order valence-corrected chi connectivity index (χ4v) is 3.93. The minimum absolute atomic E-state index is 0.111. The number of aliphatic carboxylic acids is 1. The van der Waals surface area contributed by atoms with E-state index in [-0.39, 0.29) is 11.4 Å². The Labute approximate surface area is 214 Å². The largest absolute Gasteiger partial charge is 0.490 e. The predicted molar refractivity (Wildman–Crippen MR) is 131 cm³/mol. The zero-order chi connectivity index (χ0) is 27.3. The molecule has 0 amide bonds. The summed E-state index contributed by atoms with van der Waals surface area (Å²) in [5.41, 5.74) is 3.30. The fourth-order valence-electron chi connectivity index (χ4n) is 3.76. The topological polar surface area (TPSA) is 84.7 Å². The molecule has 7 nitrogen and oxygen atoms in total. The van der Waals surface area contributed by atoms with Crippen LogP contribution >= 0.6 is 11.6 Å². The number of carboxylic acids is 1. The van der Waals surface area contributed by atoms with Gasteiger partial charge in [0, 0.05) is 22.9 Å². The van der Waals surface area contributed by atoms with Gasteiger partial charge in [-0.25, -0.2) is 14.3 Å². The van der Waals surface area contributed by atoms with Gasteiger partial charge in [0.25, 0.3) is 0 Å². The second-order valence-corrected chi connectivity index (χ2v) is 10.3. The van der Waals surface area contributed by atoms with E-state index in [9.17, 15) is 18.0 Å². The van der Waals surface area contributed by atoms with Gasteiger partial charge in [-0.2, -0.15) is 18.3 Å². The van der Waals surface area contributed by atoms with Crippen LogP contribution in [0.5, 0.6) is 0 Å². The van der Waals surface area contributed by atoms with Gasteiger partial charge in [-0.3, -0.25) is 0 Å². The number of aryl methyl sites for hydroxylation is 1. The van der Waals surface area contributed by atoms with Gasteiger partial charge in [-0.1, -0.05) is 38.4 Å². The van der Waals surface area contributed by atoms with Gasteiger partial charge in [0.1, 0.15) is 5.56 Å². The number of carboxylic acid groups (broad SMARTS) is 1. The molecule has 11 heteroatoms. The molecule has 0 unspecified atom stereocenters. The van der Waals surface area contributed by atoms with Crippen molar-refractivity contribution in [1.29, 1.82) is 0 Å². The smallest absolute Gasteiger partial charge is 0.475 e. The van der Waals surface area contributed by atoms with E-state index in [1.54, 1.807) is 6.20 Å². The Bertz CT molecular complexity index is 1070. The minimum Gasteiger partial charge on any atom is -0.475 e. The van der Waals surface area contributed by atoms with Crippen molar-refractivity contribution >= 4 is 23.5 Å². The van der Waals surface area contributed by atoms with Crippen LogP contribution in [-0.2, 0) is 9.53 Å². The molecule has 1 aliphatic rings. The highest BCUT2D eigenvalue weighted by molar-refractivity contribution is 6.31. The molecule has 2 aromatic rings. The maximum absolute atomic E-state index is 12.9. The summed E-state index contributed by atoms with van der Waals surface area (Å²) in [6, 6.07) is 5.86. The highest BCUT2D eigenvalue weighted by Crippen LogP contribution is 2.43. The molecule has 1 aromatic carbocycles. The standard InChI is InChI=1S/C23H32ClN3O2.C2HF3O2/c1-6-11-26(5)14-23(3,4)15-29-22(28)19-13-25-27(21(19)17-8-9-17)18-10-7-16(2)20(24)12-18;3-2(4,5)1(6)7/h7,10,12-13,17H,6,8-9,11,14-15H2,1-5H3;(H,6,7). The Morgan fingerprint density at radius 1 is 1.28 bits per heavy atom. The molecular formula is C25H33ClF3N3O4. The zero-order valence-electron chi connectivity index (χ0n) is 21.2. The minimum atomic E-state index is -5.08. The number of nitrogens with zero attached hydrogens (tertiary/aromatic N) is 3. The first-order valence-electron chi connectivity index (χ1n) is 11.7. The third-order valence-electron chi connectivity index (χ3n) is 5.53. The number of alkyl halides is 3. The van der Waals surface area contributed by atoms with Crippen LogP contribution in [0, 0.1) is 12.3 Å². The molecule has 1 saturated carbocycles. The number of aromatic nitrogens is 2. The quantitative estimate of drug-likeness (QED) is 0.407. The van der Waals surface area contributed by atoms with Crippen molar-refractivity contribution in [2.24, 2.45) is 5.41 Å². The van der Waals surface area contributed by atoms with Crippen molar-refractivity contribution in [3.05, 3.63) is 46.2 Å². The molecule has 0 aliphatic heterocycles. The number of rotatable bonds is 9. The van der Waals surface area contributed by atoms with E-state index in [1.165, 1.54) is 0 Å². The number of esters is 1. The van der Waals surface area contributed by atoms with Crippen molar-refractivity contribution in [1.82, 2.24) is 14.7 Å². The van der Waals surface area contributed by atoms with E-state index in [2.05, 4.69) is 37.8 Å². The Morgan fingerprint density at radius 3 is 2.39 bits per heavy atom. The molecule has 0 bridgehead atoms.